The first-order valence-corrected chi connectivity index (χ1v) is 9.63. The maximum absolute atomic E-state index is 13.0. The van der Waals surface area contributed by atoms with Gasteiger partial charge in [-0.1, -0.05) is 24.6 Å². The lowest BCUT2D eigenvalue weighted by atomic mass is 9.98. The Morgan fingerprint density at radius 3 is 2.56 bits per heavy atom. The van der Waals surface area contributed by atoms with E-state index < -0.39 is 0 Å². The monoisotopic (exact) mass is 368 g/mol. The van der Waals surface area contributed by atoms with Crippen LogP contribution >= 0.6 is 0 Å². The van der Waals surface area contributed by atoms with Crippen molar-refractivity contribution in [2.75, 3.05) is 13.1 Å². The van der Waals surface area contributed by atoms with Crippen molar-refractivity contribution in [1.29, 1.82) is 0 Å². The highest BCUT2D eigenvalue weighted by Crippen LogP contribution is 2.27. The number of carbonyl (C=O) groups excluding carboxylic acids is 2. The summed E-state index contributed by atoms with van der Waals surface area (Å²) in [6.45, 7) is 2.08. The second-order valence-corrected chi connectivity index (χ2v) is 7.25. The summed E-state index contributed by atoms with van der Waals surface area (Å²) in [4.78, 5) is 27.3. The Labute approximate surface area is 157 Å². The second-order valence-electron chi connectivity index (χ2n) is 7.25. The first-order valence-electron chi connectivity index (χ1n) is 9.63. The zero-order chi connectivity index (χ0) is 18.6. The zero-order valence-corrected chi connectivity index (χ0v) is 15.3. The minimum Gasteiger partial charge on any atom is -0.349 e. The summed E-state index contributed by atoms with van der Waals surface area (Å²) in [6.07, 6.45) is 4.31. The number of nitrogens with one attached hydrogen (secondary N) is 1. The van der Waals surface area contributed by atoms with E-state index >= 15 is 0 Å². The van der Waals surface area contributed by atoms with Crippen LogP contribution in [0.1, 0.15) is 54.2 Å². The third-order valence-electron chi connectivity index (χ3n) is 5.46. The van der Waals surface area contributed by atoms with Crippen molar-refractivity contribution in [3.05, 3.63) is 41.7 Å². The van der Waals surface area contributed by atoms with Gasteiger partial charge in [0.15, 0.2) is 5.82 Å². The number of piperidine rings is 1. The number of nitrogens with zero attached hydrogens (tertiary/aromatic N) is 5. The number of hydrogen-bond acceptors (Lipinski definition) is 5. The van der Waals surface area contributed by atoms with E-state index in [9.17, 15) is 9.59 Å². The number of hydrogen-bond donors (Lipinski definition) is 1. The Kier molecular flexibility index (Phi) is 5.13. The molecule has 2 aliphatic rings. The van der Waals surface area contributed by atoms with E-state index in [1.54, 1.807) is 4.68 Å². The van der Waals surface area contributed by atoms with E-state index in [1.165, 1.54) is 0 Å². The molecule has 0 bridgehead atoms. The Bertz CT molecular complexity index is 798. The fourth-order valence-corrected chi connectivity index (χ4v) is 3.92. The van der Waals surface area contributed by atoms with Crippen molar-refractivity contribution >= 4 is 11.8 Å². The number of benzene rings is 1. The first kappa shape index (κ1) is 17.6. The lowest BCUT2D eigenvalue weighted by molar-refractivity contribution is -0.134. The number of aromatic nitrogens is 4. The van der Waals surface area contributed by atoms with Gasteiger partial charge in [-0.2, -0.15) is 0 Å². The van der Waals surface area contributed by atoms with Gasteiger partial charge in [0.1, 0.15) is 0 Å². The first-order chi connectivity index (χ1) is 13.2. The van der Waals surface area contributed by atoms with Crippen molar-refractivity contribution < 1.29 is 9.59 Å². The Hall–Kier alpha value is -2.77. The van der Waals surface area contributed by atoms with Gasteiger partial charge in [0, 0.05) is 31.2 Å². The van der Waals surface area contributed by atoms with Gasteiger partial charge < -0.3 is 10.2 Å². The number of fused-ring (bicyclic) bond motifs is 1. The van der Waals surface area contributed by atoms with Gasteiger partial charge in [-0.15, -0.1) is 5.10 Å². The van der Waals surface area contributed by atoms with Crippen molar-refractivity contribution in [1.82, 2.24) is 30.4 Å². The summed E-state index contributed by atoms with van der Waals surface area (Å²) in [5.74, 6) is 0.499. The van der Waals surface area contributed by atoms with Gasteiger partial charge in [0.05, 0.1) is 5.92 Å². The molecule has 0 radical (unpaired) electrons. The molecule has 1 aromatic heterocycles. The van der Waals surface area contributed by atoms with E-state index in [0.717, 1.165) is 38.6 Å². The van der Waals surface area contributed by atoms with Crippen LogP contribution in [-0.2, 0) is 11.3 Å². The molecule has 8 nitrogen and oxygen atoms in total. The predicted molar refractivity (Wildman–Crippen MR) is 97.9 cm³/mol. The lowest BCUT2D eigenvalue weighted by Gasteiger charge is -2.34. The Morgan fingerprint density at radius 2 is 1.78 bits per heavy atom. The predicted octanol–water partition coefficient (Wildman–Crippen LogP) is 1.36. The van der Waals surface area contributed by atoms with Crippen LogP contribution in [0.3, 0.4) is 0 Å². The number of aryl methyl sites for hydroxylation is 1. The number of rotatable bonds is 3. The van der Waals surface area contributed by atoms with Gasteiger partial charge >= 0.3 is 0 Å². The topological polar surface area (TPSA) is 93.0 Å². The Morgan fingerprint density at radius 1 is 1.00 bits per heavy atom. The minimum atomic E-state index is -0.252. The van der Waals surface area contributed by atoms with Crippen molar-refractivity contribution in [3.63, 3.8) is 0 Å². The number of likely N-dealkylation sites (tertiary alicyclic amines) is 1. The lowest BCUT2D eigenvalue weighted by Crippen LogP contribution is -2.47. The smallest absolute Gasteiger partial charge is 0.251 e. The molecule has 2 aromatic rings. The quantitative estimate of drug-likeness (QED) is 0.883. The van der Waals surface area contributed by atoms with Crippen molar-refractivity contribution in [3.8, 4) is 0 Å². The molecule has 1 aromatic carbocycles. The van der Waals surface area contributed by atoms with E-state index in [4.69, 9.17) is 0 Å². The summed E-state index contributed by atoms with van der Waals surface area (Å²) in [5, 5.41) is 14.9. The molecule has 0 saturated carbocycles. The molecule has 8 heteroatoms. The molecule has 27 heavy (non-hydrogen) atoms. The molecule has 1 fully saturated rings. The average molecular weight is 368 g/mol. The second kappa shape index (κ2) is 7.85. The molecule has 2 amide bonds. The van der Waals surface area contributed by atoms with Crippen LogP contribution in [-0.4, -0.2) is 56.1 Å². The third-order valence-corrected chi connectivity index (χ3v) is 5.46. The molecule has 0 spiro atoms. The SMILES string of the molecule is O=C(NC1CCN(C(=O)C2CCCCn3nnnc32)CC1)c1ccccc1. The van der Waals surface area contributed by atoms with Crippen LogP contribution in [0.25, 0.3) is 0 Å². The fraction of sp³-hybridized carbons (Fsp3) is 0.526. The fourth-order valence-electron chi connectivity index (χ4n) is 3.92. The van der Waals surface area contributed by atoms with Crippen LogP contribution in [0.15, 0.2) is 30.3 Å². The number of tetrazole rings is 1. The highest BCUT2D eigenvalue weighted by molar-refractivity contribution is 5.94. The van der Waals surface area contributed by atoms with Crippen molar-refractivity contribution in [2.45, 2.75) is 50.6 Å². The molecular weight excluding hydrogens is 344 g/mol. The maximum Gasteiger partial charge on any atom is 0.251 e. The summed E-state index contributed by atoms with van der Waals surface area (Å²) in [6, 6.07) is 9.33. The van der Waals surface area contributed by atoms with Crippen LogP contribution in [0.5, 0.6) is 0 Å². The van der Waals surface area contributed by atoms with E-state index in [2.05, 4.69) is 20.8 Å². The molecule has 2 aliphatic heterocycles. The van der Waals surface area contributed by atoms with Crippen molar-refractivity contribution in [2.24, 2.45) is 0 Å². The van der Waals surface area contributed by atoms with Gasteiger partial charge in [0.25, 0.3) is 5.91 Å². The molecule has 1 atom stereocenters. The van der Waals surface area contributed by atoms with Gasteiger partial charge in [-0.25, -0.2) is 4.68 Å². The minimum absolute atomic E-state index is 0.0525. The molecule has 0 aliphatic carbocycles. The average Bonchev–Trinajstić information content (AvgIpc) is 3.08. The molecule has 3 heterocycles. The van der Waals surface area contributed by atoms with Gasteiger partial charge in [0.2, 0.25) is 5.91 Å². The molecule has 1 saturated heterocycles. The highest BCUT2D eigenvalue weighted by Gasteiger charge is 2.33. The molecule has 142 valence electrons. The normalized spacial score (nSPS) is 20.6. The molecule has 1 N–H and O–H groups in total. The van der Waals surface area contributed by atoms with Gasteiger partial charge in [-0.05, 0) is 48.2 Å². The van der Waals surface area contributed by atoms with E-state index in [-0.39, 0.29) is 23.8 Å². The summed E-state index contributed by atoms with van der Waals surface area (Å²) < 4.78 is 1.77. The van der Waals surface area contributed by atoms with Crippen LogP contribution < -0.4 is 5.32 Å². The zero-order valence-electron chi connectivity index (χ0n) is 15.3. The number of carbonyl (C=O) groups is 2. The Balaban J connectivity index is 1.34. The van der Waals surface area contributed by atoms with Gasteiger partial charge in [-0.3, -0.25) is 9.59 Å². The molecular formula is C19H24N6O2. The third kappa shape index (κ3) is 3.84. The summed E-state index contributed by atoms with van der Waals surface area (Å²) >= 11 is 0. The van der Waals surface area contributed by atoms with E-state index in [0.29, 0.717) is 24.5 Å². The summed E-state index contributed by atoms with van der Waals surface area (Å²) in [5.41, 5.74) is 0.668. The largest absolute Gasteiger partial charge is 0.349 e. The maximum atomic E-state index is 13.0. The standard InChI is InChI=1S/C19H24N6O2/c26-18(14-6-2-1-3-7-14)20-15-9-12-24(13-10-15)19(27)16-8-4-5-11-25-17(16)21-22-23-25/h1-3,6-7,15-16H,4-5,8-13H2,(H,20,26). The van der Waals surface area contributed by atoms with Crippen LogP contribution in [0, 0.1) is 0 Å². The summed E-state index contributed by atoms with van der Waals surface area (Å²) in [7, 11) is 0. The van der Waals surface area contributed by atoms with Crippen LogP contribution in [0.2, 0.25) is 0 Å². The number of amides is 2. The van der Waals surface area contributed by atoms with Crippen LogP contribution in [0.4, 0.5) is 0 Å². The highest BCUT2D eigenvalue weighted by atomic mass is 16.2. The molecule has 1 unspecified atom stereocenters. The van der Waals surface area contributed by atoms with E-state index in [1.807, 2.05) is 35.2 Å². The molecule has 4 rings (SSSR count).